The number of hydrogen-bond donors (Lipinski definition) is 3. The van der Waals surface area contributed by atoms with Crippen molar-refractivity contribution in [2.45, 2.75) is 74.9 Å². The lowest BCUT2D eigenvalue weighted by Gasteiger charge is -2.30. The molecule has 12 heteroatoms. The molecule has 1 unspecified atom stereocenters. The summed E-state index contributed by atoms with van der Waals surface area (Å²) >= 11 is 0. The zero-order valence-electron chi connectivity index (χ0n) is 20.4. The van der Waals surface area contributed by atoms with Gasteiger partial charge in [0.05, 0.1) is 12.1 Å². The van der Waals surface area contributed by atoms with Crippen LogP contribution in [0, 0.1) is 11.3 Å². The highest BCUT2D eigenvalue weighted by Gasteiger charge is 2.48. The Labute approximate surface area is 214 Å². The SMILES string of the molecule is CC(C)(F)C[C@H](N[C@@H](c1ccc(-c2ccc(C(O)C(F)(F)F)cc2)cc1)C(F)(F)F)C(=O)NC1(C#N)CC1. The maximum Gasteiger partial charge on any atom is 0.418 e. The normalized spacial score (nSPS) is 17.7. The van der Waals surface area contributed by atoms with Crippen LogP contribution in [0.25, 0.3) is 11.1 Å². The fraction of sp³-hybridized carbons (Fsp3) is 0.462. The Morgan fingerprint density at radius 2 is 1.39 bits per heavy atom. The van der Waals surface area contributed by atoms with Crippen LogP contribution in [0.4, 0.5) is 30.7 Å². The first-order valence-corrected chi connectivity index (χ1v) is 11.6. The maximum absolute atomic E-state index is 14.4. The summed E-state index contributed by atoms with van der Waals surface area (Å²) in [6.45, 7) is 2.25. The van der Waals surface area contributed by atoms with Crippen molar-refractivity contribution >= 4 is 5.91 Å². The van der Waals surface area contributed by atoms with Crippen LogP contribution < -0.4 is 10.6 Å². The molecule has 1 saturated carbocycles. The molecule has 1 fully saturated rings. The van der Waals surface area contributed by atoms with Gasteiger partial charge in [-0.05, 0) is 48.9 Å². The number of hydrogen-bond acceptors (Lipinski definition) is 4. The van der Waals surface area contributed by atoms with Crippen molar-refractivity contribution in [3.63, 3.8) is 0 Å². The lowest BCUT2D eigenvalue weighted by molar-refractivity contribution is -0.206. The Kier molecular flexibility index (Phi) is 8.15. The van der Waals surface area contributed by atoms with Gasteiger partial charge >= 0.3 is 12.4 Å². The van der Waals surface area contributed by atoms with Gasteiger partial charge in [-0.2, -0.15) is 31.6 Å². The molecule has 0 bridgehead atoms. The van der Waals surface area contributed by atoms with Crippen LogP contribution in [0.15, 0.2) is 48.5 Å². The second-order valence-electron chi connectivity index (χ2n) is 9.99. The number of rotatable bonds is 9. The van der Waals surface area contributed by atoms with E-state index < -0.39 is 54.1 Å². The van der Waals surface area contributed by atoms with Crippen LogP contribution >= 0.6 is 0 Å². The van der Waals surface area contributed by atoms with Gasteiger partial charge in [0.2, 0.25) is 5.91 Å². The number of carbonyl (C=O) groups is 1. The number of carbonyl (C=O) groups excluding carboxylic acids is 1. The summed E-state index contributed by atoms with van der Waals surface area (Å²) in [6, 6.07) is 7.63. The zero-order valence-corrected chi connectivity index (χ0v) is 20.4. The molecule has 2 aromatic carbocycles. The Bertz CT molecular complexity index is 1160. The van der Waals surface area contributed by atoms with E-state index in [1.54, 1.807) is 0 Å². The predicted octanol–water partition coefficient (Wildman–Crippen LogP) is 5.82. The van der Waals surface area contributed by atoms with E-state index in [2.05, 4.69) is 10.6 Å². The summed E-state index contributed by atoms with van der Waals surface area (Å²) in [5.41, 5.74) is -3.02. The summed E-state index contributed by atoms with van der Waals surface area (Å²) in [6.07, 6.45) is -12.3. The second-order valence-corrected chi connectivity index (χ2v) is 9.99. The van der Waals surface area contributed by atoms with Crippen molar-refractivity contribution in [2.24, 2.45) is 0 Å². The number of benzene rings is 2. The van der Waals surface area contributed by atoms with E-state index in [9.17, 15) is 45.9 Å². The number of alkyl halides is 7. The molecule has 206 valence electrons. The van der Waals surface area contributed by atoms with Crippen molar-refractivity contribution in [1.29, 1.82) is 5.26 Å². The maximum atomic E-state index is 14.4. The van der Waals surface area contributed by atoms with E-state index in [-0.39, 0.29) is 11.1 Å². The Morgan fingerprint density at radius 3 is 1.76 bits per heavy atom. The molecule has 5 nitrogen and oxygen atoms in total. The van der Waals surface area contributed by atoms with Gasteiger partial charge in [0.1, 0.15) is 17.2 Å². The molecule has 3 atom stereocenters. The minimum atomic E-state index is -4.87. The molecule has 1 aliphatic carbocycles. The average Bonchev–Trinajstić information content (AvgIpc) is 3.59. The van der Waals surface area contributed by atoms with Crippen LogP contribution in [0.1, 0.15) is 56.4 Å². The van der Waals surface area contributed by atoms with E-state index in [0.717, 1.165) is 38.1 Å². The topological polar surface area (TPSA) is 85.2 Å². The number of halogens is 7. The van der Waals surface area contributed by atoms with Gasteiger partial charge in [-0.1, -0.05) is 48.5 Å². The van der Waals surface area contributed by atoms with E-state index in [0.29, 0.717) is 24.0 Å². The van der Waals surface area contributed by atoms with Crippen LogP contribution in [0.3, 0.4) is 0 Å². The fourth-order valence-corrected chi connectivity index (χ4v) is 3.92. The highest BCUT2D eigenvalue weighted by molar-refractivity contribution is 5.83. The third-order valence-electron chi connectivity index (χ3n) is 6.14. The Morgan fingerprint density at radius 1 is 0.921 bits per heavy atom. The van der Waals surface area contributed by atoms with Crippen molar-refractivity contribution in [3.05, 3.63) is 59.7 Å². The number of amides is 1. The molecule has 0 aliphatic heterocycles. The molecule has 0 aromatic heterocycles. The molecular weight excluding hydrogens is 519 g/mol. The monoisotopic (exact) mass is 545 g/mol. The molecule has 1 aliphatic rings. The zero-order chi connectivity index (χ0) is 28.5. The predicted molar refractivity (Wildman–Crippen MR) is 124 cm³/mol. The van der Waals surface area contributed by atoms with Gasteiger partial charge < -0.3 is 10.4 Å². The molecule has 0 radical (unpaired) electrons. The molecule has 1 amide bonds. The van der Waals surface area contributed by atoms with E-state index in [4.69, 9.17) is 0 Å². The number of nitriles is 1. The number of aliphatic hydroxyl groups is 1. The summed E-state index contributed by atoms with van der Waals surface area (Å²) < 4.78 is 94.7. The van der Waals surface area contributed by atoms with Gasteiger partial charge in [-0.15, -0.1) is 0 Å². The van der Waals surface area contributed by atoms with Gasteiger partial charge in [0, 0.05) is 6.42 Å². The van der Waals surface area contributed by atoms with Crippen molar-refractivity contribution in [3.8, 4) is 17.2 Å². The van der Waals surface area contributed by atoms with Crippen LogP contribution in [0.5, 0.6) is 0 Å². The largest absolute Gasteiger partial charge is 0.418 e. The third kappa shape index (κ3) is 7.45. The molecule has 38 heavy (non-hydrogen) atoms. The highest BCUT2D eigenvalue weighted by atomic mass is 19.4. The lowest BCUT2D eigenvalue weighted by Crippen LogP contribution is -2.53. The summed E-state index contributed by atoms with van der Waals surface area (Å²) in [4.78, 5) is 12.8. The quantitative estimate of drug-likeness (QED) is 0.347. The molecule has 0 saturated heterocycles. The number of aliphatic hydroxyl groups excluding tert-OH is 1. The first-order chi connectivity index (χ1) is 17.4. The average molecular weight is 545 g/mol. The first kappa shape index (κ1) is 29.4. The fourth-order valence-electron chi connectivity index (χ4n) is 3.92. The van der Waals surface area contributed by atoms with Gasteiger partial charge in [-0.3, -0.25) is 10.1 Å². The van der Waals surface area contributed by atoms with Gasteiger partial charge in [0.15, 0.2) is 6.10 Å². The molecule has 3 N–H and O–H groups in total. The second kappa shape index (κ2) is 10.5. The third-order valence-corrected chi connectivity index (χ3v) is 6.14. The number of nitrogens with zero attached hydrogens (tertiary/aromatic N) is 1. The van der Waals surface area contributed by atoms with Crippen LogP contribution in [0.2, 0.25) is 0 Å². The van der Waals surface area contributed by atoms with Crippen molar-refractivity contribution in [2.75, 3.05) is 0 Å². The van der Waals surface area contributed by atoms with Crippen LogP contribution in [-0.4, -0.2) is 40.6 Å². The Hall–Kier alpha value is -3.17. The van der Waals surface area contributed by atoms with Crippen LogP contribution in [-0.2, 0) is 4.79 Å². The summed E-state index contributed by atoms with van der Waals surface area (Å²) in [5.74, 6) is -0.915. The molecule has 0 heterocycles. The summed E-state index contributed by atoms with van der Waals surface area (Å²) in [7, 11) is 0. The lowest BCUT2D eigenvalue weighted by atomic mass is 9.96. The van der Waals surface area contributed by atoms with E-state index in [1.165, 1.54) is 24.3 Å². The standard InChI is InChI=1S/C26H26F7N3O2/c1-23(2,27)13-19(22(38)36-24(14-34)11-12-24)35-20(25(28,29)30)17-7-3-15(4-8-17)16-5-9-18(10-6-16)21(37)26(31,32)33/h3-10,19-21,35,37H,11-13H2,1-2H3,(H,36,38)/t19-,20-,21?/m0/s1. The molecular formula is C26H26F7N3O2. The highest BCUT2D eigenvalue weighted by Crippen LogP contribution is 2.37. The summed E-state index contributed by atoms with van der Waals surface area (Å²) in [5, 5.41) is 23.2. The van der Waals surface area contributed by atoms with Gasteiger partial charge in [0.25, 0.3) is 0 Å². The Balaban J connectivity index is 1.84. The van der Waals surface area contributed by atoms with Crippen molar-refractivity contribution < 1.29 is 40.6 Å². The minimum Gasteiger partial charge on any atom is -0.379 e. The minimum absolute atomic E-state index is 0.277. The molecule has 3 rings (SSSR count). The smallest absolute Gasteiger partial charge is 0.379 e. The number of nitrogens with one attached hydrogen (secondary N) is 2. The molecule has 2 aromatic rings. The molecule has 0 spiro atoms. The van der Waals surface area contributed by atoms with E-state index >= 15 is 0 Å². The van der Waals surface area contributed by atoms with Gasteiger partial charge in [-0.25, -0.2) is 4.39 Å². The van der Waals surface area contributed by atoms with E-state index in [1.807, 2.05) is 6.07 Å². The van der Waals surface area contributed by atoms with Crippen molar-refractivity contribution in [1.82, 2.24) is 10.6 Å². The first-order valence-electron chi connectivity index (χ1n) is 11.6.